The monoisotopic (exact) mass is 210 g/mol. The zero-order chi connectivity index (χ0) is 10.8. The second-order valence-electron chi connectivity index (χ2n) is 4.46. The number of aromatic nitrogens is 2. The summed E-state index contributed by atoms with van der Waals surface area (Å²) in [6.07, 6.45) is 7.72. The van der Waals surface area contributed by atoms with Crippen molar-refractivity contribution < 1.29 is 5.11 Å². The van der Waals surface area contributed by atoms with E-state index in [9.17, 15) is 9.90 Å². The highest BCUT2D eigenvalue weighted by molar-refractivity contribution is 4.83. The van der Waals surface area contributed by atoms with Gasteiger partial charge in [-0.2, -0.15) is 0 Å². The number of imidazole rings is 1. The molecule has 0 radical (unpaired) electrons. The molecule has 84 valence electrons. The third-order valence-corrected chi connectivity index (χ3v) is 3.35. The summed E-state index contributed by atoms with van der Waals surface area (Å²) in [6.45, 7) is 0.435. The highest BCUT2D eigenvalue weighted by atomic mass is 16.3. The standard InChI is InChI=1S/C11H18N2O2/c1-12-6-7-13(11(12)15)8-10(14)9-4-2-3-5-9/h6-7,9-10,14H,2-5,8H2,1H3. The van der Waals surface area contributed by atoms with Crippen molar-refractivity contribution in [1.29, 1.82) is 0 Å². The van der Waals surface area contributed by atoms with Gasteiger partial charge >= 0.3 is 5.69 Å². The SMILES string of the molecule is Cn1ccn(CC(O)C2CCCC2)c1=O. The molecule has 2 rings (SSSR count). The van der Waals surface area contributed by atoms with E-state index >= 15 is 0 Å². The predicted octanol–water partition coefficient (Wildman–Crippen LogP) is 0.738. The van der Waals surface area contributed by atoms with Crippen LogP contribution < -0.4 is 5.69 Å². The minimum absolute atomic E-state index is 0.0490. The van der Waals surface area contributed by atoms with Gasteiger partial charge in [-0.05, 0) is 18.8 Å². The third-order valence-electron chi connectivity index (χ3n) is 3.35. The summed E-state index contributed by atoms with van der Waals surface area (Å²) in [6, 6.07) is 0. The van der Waals surface area contributed by atoms with Crippen molar-refractivity contribution in [2.45, 2.75) is 38.3 Å². The van der Waals surface area contributed by atoms with E-state index < -0.39 is 0 Å². The normalized spacial score (nSPS) is 19.6. The maximum atomic E-state index is 11.5. The van der Waals surface area contributed by atoms with E-state index in [0.29, 0.717) is 12.5 Å². The molecule has 0 aliphatic heterocycles. The molecule has 15 heavy (non-hydrogen) atoms. The van der Waals surface area contributed by atoms with Crippen molar-refractivity contribution in [2.24, 2.45) is 13.0 Å². The Labute approximate surface area is 89.1 Å². The van der Waals surface area contributed by atoms with Crippen LogP contribution in [0.5, 0.6) is 0 Å². The second-order valence-corrected chi connectivity index (χ2v) is 4.46. The fraction of sp³-hybridized carbons (Fsp3) is 0.727. The largest absolute Gasteiger partial charge is 0.391 e. The van der Waals surface area contributed by atoms with Crippen LogP contribution in [0.1, 0.15) is 25.7 Å². The number of rotatable bonds is 3. The molecule has 1 fully saturated rings. The van der Waals surface area contributed by atoms with Gasteiger partial charge in [0.1, 0.15) is 0 Å². The Hall–Kier alpha value is -1.03. The molecule has 4 heteroatoms. The molecule has 1 aliphatic rings. The molecular weight excluding hydrogens is 192 g/mol. The molecule has 1 unspecified atom stereocenters. The maximum absolute atomic E-state index is 11.5. The van der Waals surface area contributed by atoms with Gasteiger partial charge in [0, 0.05) is 19.4 Å². The molecule has 0 aromatic carbocycles. The van der Waals surface area contributed by atoms with Crippen LogP contribution in [0.3, 0.4) is 0 Å². The maximum Gasteiger partial charge on any atom is 0.327 e. The van der Waals surface area contributed by atoms with Crippen molar-refractivity contribution in [1.82, 2.24) is 9.13 Å². The molecule has 1 aromatic rings. The molecule has 0 saturated heterocycles. The summed E-state index contributed by atoms with van der Waals surface area (Å²) in [7, 11) is 1.72. The molecule has 1 aliphatic carbocycles. The molecule has 1 heterocycles. The van der Waals surface area contributed by atoms with Gasteiger partial charge in [0.25, 0.3) is 0 Å². The van der Waals surface area contributed by atoms with Crippen LogP contribution in [-0.2, 0) is 13.6 Å². The lowest BCUT2D eigenvalue weighted by Gasteiger charge is -2.17. The summed E-state index contributed by atoms with van der Waals surface area (Å²) < 4.78 is 3.12. The van der Waals surface area contributed by atoms with Crippen LogP contribution in [0.25, 0.3) is 0 Å². The van der Waals surface area contributed by atoms with Gasteiger partial charge in [-0.3, -0.25) is 4.57 Å². The van der Waals surface area contributed by atoms with E-state index in [1.54, 1.807) is 24.0 Å². The van der Waals surface area contributed by atoms with Crippen molar-refractivity contribution in [3.8, 4) is 0 Å². The molecule has 1 saturated carbocycles. The lowest BCUT2D eigenvalue weighted by molar-refractivity contribution is 0.0919. The zero-order valence-corrected chi connectivity index (χ0v) is 9.09. The first kappa shape index (κ1) is 10.5. The number of hydrogen-bond donors (Lipinski definition) is 1. The first-order valence-corrected chi connectivity index (χ1v) is 5.58. The smallest absolute Gasteiger partial charge is 0.327 e. The molecule has 0 spiro atoms. The van der Waals surface area contributed by atoms with E-state index in [2.05, 4.69) is 0 Å². The van der Waals surface area contributed by atoms with Crippen molar-refractivity contribution in [2.75, 3.05) is 0 Å². The molecule has 4 nitrogen and oxygen atoms in total. The summed E-state index contributed by atoms with van der Waals surface area (Å²) in [5.74, 6) is 0.386. The van der Waals surface area contributed by atoms with Gasteiger partial charge in [-0.15, -0.1) is 0 Å². The second kappa shape index (κ2) is 4.23. The van der Waals surface area contributed by atoms with E-state index in [-0.39, 0.29) is 11.8 Å². The first-order chi connectivity index (χ1) is 7.18. The number of nitrogens with zero attached hydrogens (tertiary/aromatic N) is 2. The van der Waals surface area contributed by atoms with Crippen LogP contribution in [0.2, 0.25) is 0 Å². The Kier molecular flexibility index (Phi) is 2.95. The summed E-state index contributed by atoms with van der Waals surface area (Å²) >= 11 is 0. The van der Waals surface area contributed by atoms with Gasteiger partial charge in [0.15, 0.2) is 0 Å². The fourth-order valence-electron chi connectivity index (χ4n) is 2.34. The van der Waals surface area contributed by atoms with Gasteiger partial charge in [-0.25, -0.2) is 4.79 Å². The summed E-state index contributed by atoms with van der Waals surface area (Å²) in [4.78, 5) is 11.5. The van der Waals surface area contributed by atoms with Crippen molar-refractivity contribution in [3.05, 3.63) is 22.9 Å². The quantitative estimate of drug-likeness (QED) is 0.799. The van der Waals surface area contributed by atoms with Gasteiger partial charge in [0.05, 0.1) is 12.6 Å². The van der Waals surface area contributed by atoms with Gasteiger partial charge < -0.3 is 9.67 Å². The molecule has 0 amide bonds. The molecular formula is C11H18N2O2. The van der Waals surface area contributed by atoms with Crippen LogP contribution in [0.4, 0.5) is 0 Å². The van der Waals surface area contributed by atoms with E-state index in [0.717, 1.165) is 12.8 Å². The Bertz CT molecular complexity index is 374. The number of aryl methyl sites for hydroxylation is 1. The molecule has 1 atom stereocenters. The Morgan fingerprint density at radius 3 is 2.67 bits per heavy atom. The minimum Gasteiger partial charge on any atom is -0.391 e. The predicted molar refractivity (Wildman–Crippen MR) is 57.6 cm³/mol. The zero-order valence-electron chi connectivity index (χ0n) is 9.09. The minimum atomic E-state index is -0.368. The average molecular weight is 210 g/mol. The number of aliphatic hydroxyl groups excluding tert-OH is 1. The first-order valence-electron chi connectivity index (χ1n) is 5.58. The van der Waals surface area contributed by atoms with Crippen LogP contribution in [0, 0.1) is 5.92 Å². The molecule has 0 bridgehead atoms. The van der Waals surface area contributed by atoms with Gasteiger partial charge in [0.2, 0.25) is 0 Å². The Morgan fingerprint density at radius 2 is 2.13 bits per heavy atom. The fourth-order valence-corrected chi connectivity index (χ4v) is 2.34. The van der Waals surface area contributed by atoms with Crippen LogP contribution in [0.15, 0.2) is 17.2 Å². The number of aliphatic hydroxyl groups is 1. The van der Waals surface area contributed by atoms with E-state index in [1.165, 1.54) is 17.4 Å². The Morgan fingerprint density at radius 1 is 1.47 bits per heavy atom. The number of hydrogen-bond acceptors (Lipinski definition) is 2. The lowest BCUT2D eigenvalue weighted by Crippen LogP contribution is -2.30. The lowest BCUT2D eigenvalue weighted by atomic mass is 10.0. The molecule has 1 N–H and O–H groups in total. The highest BCUT2D eigenvalue weighted by Gasteiger charge is 2.23. The van der Waals surface area contributed by atoms with Crippen LogP contribution >= 0.6 is 0 Å². The summed E-state index contributed by atoms with van der Waals surface area (Å²) in [5.41, 5.74) is -0.0490. The summed E-state index contributed by atoms with van der Waals surface area (Å²) in [5, 5.41) is 9.97. The van der Waals surface area contributed by atoms with E-state index in [1.807, 2.05) is 0 Å². The topological polar surface area (TPSA) is 47.2 Å². The van der Waals surface area contributed by atoms with Gasteiger partial charge in [-0.1, -0.05) is 12.8 Å². The highest BCUT2D eigenvalue weighted by Crippen LogP contribution is 2.28. The van der Waals surface area contributed by atoms with E-state index in [4.69, 9.17) is 0 Å². The van der Waals surface area contributed by atoms with Crippen molar-refractivity contribution >= 4 is 0 Å². The van der Waals surface area contributed by atoms with Crippen molar-refractivity contribution in [3.63, 3.8) is 0 Å². The average Bonchev–Trinajstić information content (AvgIpc) is 2.83. The molecule has 1 aromatic heterocycles. The Balaban J connectivity index is 2.02. The third kappa shape index (κ3) is 2.15. The van der Waals surface area contributed by atoms with Crippen LogP contribution in [-0.4, -0.2) is 20.3 Å².